The first-order chi connectivity index (χ1) is 19.9. The van der Waals surface area contributed by atoms with Crippen molar-refractivity contribution < 1.29 is 14.7 Å². The van der Waals surface area contributed by atoms with Gasteiger partial charge in [-0.3, -0.25) is 9.59 Å². The standard InChI is InChI=1S/C34H36N2O4S/c1-2-3-11-29-19-18-27(21-35-32(37)28(23-41)20-24-9-5-4-6-10-24)33(38)36(29)22-25-14-16-26(17-15-25)30-12-7-8-13-31(30)34(39)40/h4-10,12-19,28,41H,2-3,11,20-23H2,1H3,(H,35,37)(H,39,40). The van der Waals surface area contributed by atoms with Crippen LogP contribution in [0.2, 0.25) is 0 Å². The third-order valence-corrected chi connectivity index (χ3v) is 7.70. The number of rotatable bonds is 13. The topological polar surface area (TPSA) is 88.4 Å². The van der Waals surface area contributed by atoms with Gasteiger partial charge in [0.05, 0.1) is 18.0 Å². The number of benzene rings is 3. The lowest BCUT2D eigenvalue weighted by Crippen LogP contribution is -2.36. The first kappa shape index (κ1) is 29.9. The van der Waals surface area contributed by atoms with Gasteiger partial charge in [0.25, 0.3) is 5.56 Å². The van der Waals surface area contributed by atoms with Crippen LogP contribution in [0.25, 0.3) is 11.1 Å². The Morgan fingerprint density at radius 1 is 0.902 bits per heavy atom. The summed E-state index contributed by atoms with van der Waals surface area (Å²) in [4.78, 5) is 38.3. The van der Waals surface area contributed by atoms with Crippen molar-refractivity contribution in [2.45, 2.75) is 45.7 Å². The van der Waals surface area contributed by atoms with Crippen molar-refractivity contribution in [1.82, 2.24) is 9.88 Å². The monoisotopic (exact) mass is 568 g/mol. The van der Waals surface area contributed by atoms with Gasteiger partial charge in [-0.15, -0.1) is 0 Å². The molecule has 2 N–H and O–H groups in total. The highest BCUT2D eigenvalue weighted by molar-refractivity contribution is 7.80. The number of nitrogens with zero attached hydrogens (tertiary/aromatic N) is 1. The van der Waals surface area contributed by atoms with Gasteiger partial charge in [-0.1, -0.05) is 86.1 Å². The average Bonchev–Trinajstić information content (AvgIpc) is 3.00. The maximum Gasteiger partial charge on any atom is 0.336 e. The summed E-state index contributed by atoms with van der Waals surface area (Å²) in [7, 11) is 0. The van der Waals surface area contributed by atoms with Crippen molar-refractivity contribution >= 4 is 24.5 Å². The molecular formula is C34H36N2O4S. The Morgan fingerprint density at radius 3 is 2.29 bits per heavy atom. The first-order valence-electron chi connectivity index (χ1n) is 14.0. The number of aromatic carboxylic acids is 1. The minimum absolute atomic E-state index is 0.121. The molecule has 7 heteroatoms. The lowest BCUT2D eigenvalue weighted by Gasteiger charge is -2.17. The second-order valence-corrected chi connectivity index (χ2v) is 10.5. The molecule has 4 rings (SSSR count). The number of amides is 1. The first-order valence-corrected chi connectivity index (χ1v) is 14.6. The summed E-state index contributed by atoms with van der Waals surface area (Å²) in [6, 6.07) is 28.2. The molecule has 0 bridgehead atoms. The molecule has 41 heavy (non-hydrogen) atoms. The Balaban J connectivity index is 1.53. The maximum atomic E-state index is 13.6. The Morgan fingerprint density at radius 2 is 1.61 bits per heavy atom. The number of carboxylic acids is 1. The van der Waals surface area contributed by atoms with Crippen molar-refractivity contribution in [2.75, 3.05) is 5.75 Å². The zero-order valence-corrected chi connectivity index (χ0v) is 24.1. The van der Waals surface area contributed by atoms with Crippen molar-refractivity contribution in [2.24, 2.45) is 5.92 Å². The number of thiol groups is 1. The molecule has 0 saturated carbocycles. The number of carbonyl (C=O) groups is 2. The number of hydrogen-bond donors (Lipinski definition) is 3. The van der Waals surface area contributed by atoms with E-state index in [0.717, 1.165) is 41.6 Å². The molecule has 1 amide bonds. The number of nitrogens with one attached hydrogen (secondary N) is 1. The highest BCUT2D eigenvalue weighted by Gasteiger charge is 2.18. The van der Waals surface area contributed by atoms with Crippen LogP contribution in [-0.2, 0) is 30.7 Å². The highest BCUT2D eigenvalue weighted by atomic mass is 32.1. The van der Waals surface area contributed by atoms with Crippen molar-refractivity contribution in [3.8, 4) is 11.1 Å². The van der Waals surface area contributed by atoms with E-state index in [0.29, 0.717) is 29.8 Å². The molecular weight excluding hydrogens is 532 g/mol. The maximum absolute atomic E-state index is 13.6. The lowest BCUT2D eigenvalue weighted by molar-refractivity contribution is -0.124. The second kappa shape index (κ2) is 14.5. The quantitative estimate of drug-likeness (QED) is 0.172. The summed E-state index contributed by atoms with van der Waals surface area (Å²) < 4.78 is 1.79. The summed E-state index contributed by atoms with van der Waals surface area (Å²) in [5.74, 6) is -0.978. The van der Waals surface area contributed by atoms with E-state index in [1.54, 1.807) is 22.8 Å². The third-order valence-electron chi connectivity index (χ3n) is 7.26. The average molecular weight is 569 g/mol. The van der Waals surface area contributed by atoms with Gasteiger partial charge in [0.15, 0.2) is 0 Å². The fourth-order valence-corrected chi connectivity index (χ4v) is 5.20. The number of pyridine rings is 1. The summed E-state index contributed by atoms with van der Waals surface area (Å²) in [5, 5.41) is 12.5. The van der Waals surface area contributed by atoms with E-state index in [-0.39, 0.29) is 29.5 Å². The van der Waals surface area contributed by atoms with Crippen molar-refractivity contribution in [3.05, 3.63) is 129 Å². The highest BCUT2D eigenvalue weighted by Crippen LogP contribution is 2.24. The molecule has 1 aromatic heterocycles. The second-order valence-electron chi connectivity index (χ2n) is 10.2. The Labute approximate surface area is 246 Å². The summed E-state index contributed by atoms with van der Waals surface area (Å²) in [5.41, 5.74) is 5.06. The minimum Gasteiger partial charge on any atom is -0.478 e. The van der Waals surface area contributed by atoms with Gasteiger partial charge < -0.3 is 15.0 Å². The van der Waals surface area contributed by atoms with Gasteiger partial charge in [-0.2, -0.15) is 12.6 Å². The molecule has 0 aliphatic carbocycles. The van der Waals surface area contributed by atoms with Crippen molar-refractivity contribution in [1.29, 1.82) is 0 Å². The third kappa shape index (κ3) is 7.76. The molecule has 0 radical (unpaired) electrons. The molecule has 0 saturated heterocycles. The van der Waals surface area contributed by atoms with Crippen LogP contribution in [0.1, 0.15) is 52.5 Å². The van der Waals surface area contributed by atoms with Gasteiger partial charge in [0.2, 0.25) is 5.91 Å². The molecule has 1 unspecified atom stereocenters. The van der Waals surface area contributed by atoms with Gasteiger partial charge >= 0.3 is 5.97 Å². The van der Waals surface area contributed by atoms with Crippen LogP contribution in [0, 0.1) is 5.92 Å². The molecule has 6 nitrogen and oxygen atoms in total. The van der Waals surface area contributed by atoms with Crippen LogP contribution in [0.5, 0.6) is 0 Å². The molecule has 3 aromatic carbocycles. The molecule has 0 aliphatic heterocycles. The van der Waals surface area contributed by atoms with Crippen LogP contribution < -0.4 is 10.9 Å². The Kier molecular flexibility index (Phi) is 10.6. The predicted octanol–water partition coefficient (Wildman–Crippen LogP) is 6.01. The summed E-state index contributed by atoms with van der Waals surface area (Å²) >= 11 is 4.39. The molecule has 0 spiro atoms. The Hall–Kier alpha value is -4.10. The molecule has 1 heterocycles. The number of unbranched alkanes of at least 4 members (excludes halogenated alkanes) is 1. The number of carboxylic acid groups (broad SMARTS) is 1. The van der Waals surface area contributed by atoms with E-state index in [4.69, 9.17) is 0 Å². The molecule has 0 fully saturated rings. The molecule has 4 aromatic rings. The van der Waals surface area contributed by atoms with Crippen LogP contribution in [0.15, 0.2) is 95.8 Å². The normalized spacial score (nSPS) is 11.7. The van der Waals surface area contributed by atoms with E-state index >= 15 is 0 Å². The zero-order valence-electron chi connectivity index (χ0n) is 23.3. The number of carbonyl (C=O) groups excluding carboxylic acids is 1. The fraction of sp³-hybridized carbons (Fsp3) is 0.265. The summed E-state index contributed by atoms with van der Waals surface area (Å²) in [6.45, 7) is 2.65. The minimum atomic E-state index is -0.971. The smallest absolute Gasteiger partial charge is 0.336 e. The van der Waals surface area contributed by atoms with E-state index < -0.39 is 5.97 Å². The summed E-state index contributed by atoms with van der Waals surface area (Å²) in [6.07, 6.45) is 3.34. The van der Waals surface area contributed by atoms with Gasteiger partial charge in [0, 0.05) is 23.6 Å². The molecule has 1 atom stereocenters. The van der Waals surface area contributed by atoms with Gasteiger partial charge in [0.1, 0.15) is 0 Å². The number of aryl methyl sites for hydroxylation is 1. The van der Waals surface area contributed by atoms with Crippen LogP contribution in [0.4, 0.5) is 0 Å². The fourth-order valence-electron chi connectivity index (χ4n) is 4.90. The predicted molar refractivity (Wildman–Crippen MR) is 167 cm³/mol. The SMILES string of the molecule is CCCCc1ccc(CNC(=O)C(CS)Cc2ccccc2)c(=O)n1Cc1ccc(-c2ccccc2C(=O)O)cc1. The van der Waals surface area contributed by atoms with E-state index in [2.05, 4.69) is 24.9 Å². The molecule has 0 aliphatic rings. The van der Waals surface area contributed by atoms with E-state index in [1.807, 2.05) is 72.8 Å². The largest absolute Gasteiger partial charge is 0.478 e. The zero-order chi connectivity index (χ0) is 29.2. The molecule has 212 valence electrons. The van der Waals surface area contributed by atoms with E-state index in [9.17, 15) is 19.5 Å². The number of aromatic nitrogens is 1. The lowest BCUT2D eigenvalue weighted by atomic mass is 9.98. The van der Waals surface area contributed by atoms with E-state index in [1.165, 1.54) is 0 Å². The van der Waals surface area contributed by atoms with Crippen LogP contribution in [0.3, 0.4) is 0 Å². The van der Waals surface area contributed by atoms with Crippen LogP contribution >= 0.6 is 12.6 Å². The van der Waals surface area contributed by atoms with Crippen LogP contribution in [-0.4, -0.2) is 27.3 Å². The Bertz CT molecular complexity index is 1530. The van der Waals surface area contributed by atoms with Gasteiger partial charge in [-0.25, -0.2) is 4.79 Å². The number of hydrogen-bond acceptors (Lipinski definition) is 4. The van der Waals surface area contributed by atoms with Crippen molar-refractivity contribution in [3.63, 3.8) is 0 Å². The van der Waals surface area contributed by atoms with Gasteiger partial charge in [-0.05, 0) is 59.7 Å².